The normalized spacial score (nSPS) is 15.2. The molecule has 2 heterocycles. The van der Waals surface area contributed by atoms with Crippen LogP contribution < -0.4 is 10.9 Å². The third-order valence-corrected chi connectivity index (χ3v) is 7.42. The molecular weight excluding hydrogens is 450 g/mol. The maximum Gasteiger partial charge on any atom is 0.276 e. The van der Waals surface area contributed by atoms with Crippen molar-refractivity contribution >= 4 is 50.8 Å². The molecule has 0 unspecified atom stereocenters. The minimum atomic E-state index is -0.144. The largest absolute Gasteiger partial charge is 0.349 e. The van der Waals surface area contributed by atoms with Crippen molar-refractivity contribution in [2.45, 2.75) is 24.0 Å². The highest BCUT2D eigenvalue weighted by atomic mass is 35.5. The Morgan fingerprint density at radius 1 is 1.19 bits per heavy atom. The van der Waals surface area contributed by atoms with E-state index in [1.165, 1.54) is 34.2 Å². The van der Waals surface area contributed by atoms with Crippen LogP contribution in [-0.4, -0.2) is 21.2 Å². The molecule has 0 spiro atoms. The Morgan fingerprint density at radius 2 is 2.00 bits per heavy atom. The first-order valence-corrected chi connectivity index (χ1v) is 12.1. The second-order valence-electron chi connectivity index (χ2n) is 7.29. The molecule has 0 saturated heterocycles. The SMILES string of the molecule is O=C(CSc1nc2ccsc2c(=O)n1-c1ccc(Cl)cc1)N[C@H]1CCc2ccccc21. The second-order valence-corrected chi connectivity index (χ2v) is 9.59. The summed E-state index contributed by atoms with van der Waals surface area (Å²) in [6.07, 6.45) is 1.88. The number of halogens is 1. The van der Waals surface area contributed by atoms with Gasteiger partial charge in [-0.2, -0.15) is 0 Å². The molecule has 1 aliphatic rings. The van der Waals surface area contributed by atoms with Crippen LogP contribution in [0.2, 0.25) is 5.02 Å². The predicted molar refractivity (Wildman–Crippen MR) is 127 cm³/mol. The van der Waals surface area contributed by atoms with Gasteiger partial charge in [0.2, 0.25) is 5.91 Å². The molecule has 0 bridgehead atoms. The van der Waals surface area contributed by atoms with Crippen LogP contribution in [0.1, 0.15) is 23.6 Å². The first-order chi connectivity index (χ1) is 15.1. The fourth-order valence-electron chi connectivity index (χ4n) is 3.88. The van der Waals surface area contributed by atoms with Crippen LogP contribution >= 0.6 is 34.7 Å². The number of aromatic nitrogens is 2. The van der Waals surface area contributed by atoms with E-state index in [1.54, 1.807) is 28.8 Å². The van der Waals surface area contributed by atoms with Gasteiger partial charge in [-0.05, 0) is 59.7 Å². The van der Waals surface area contributed by atoms with Crippen LogP contribution in [0.4, 0.5) is 0 Å². The molecule has 0 fully saturated rings. The van der Waals surface area contributed by atoms with Gasteiger partial charge in [0, 0.05) is 5.02 Å². The van der Waals surface area contributed by atoms with E-state index in [1.807, 2.05) is 23.6 Å². The van der Waals surface area contributed by atoms with E-state index in [0.717, 1.165) is 12.8 Å². The number of benzene rings is 2. The number of thioether (sulfide) groups is 1. The summed E-state index contributed by atoms with van der Waals surface area (Å²) in [6, 6.07) is 17.1. The monoisotopic (exact) mass is 467 g/mol. The van der Waals surface area contributed by atoms with Gasteiger partial charge in [-0.25, -0.2) is 4.98 Å². The quantitative estimate of drug-likeness (QED) is 0.331. The number of nitrogens with one attached hydrogen (secondary N) is 1. The zero-order chi connectivity index (χ0) is 21.4. The predicted octanol–water partition coefficient (Wildman–Crippen LogP) is 5.00. The molecule has 0 aliphatic heterocycles. The topological polar surface area (TPSA) is 64.0 Å². The van der Waals surface area contributed by atoms with E-state index in [4.69, 9.17) is 11.6 Å². The Kier molecular flexibility index (Phi) is 5.56. The number of hydrogen-bond acceptors (Lipinski definition) is 5. The Hall–Kier alpha value is -2.61. The highest BCUT2D eigenvalue weighted by molar-refractivity contribution is 7.99. The number of aryl methyl sites for hydroxylation is 1. The molecule has 2 aromatic carbocycles. The lowest BCUT2D eigenvalue weighted by molar-refractivity contribution is -0.119. The summed E-state index contributed by atoms with van der Waals surface area (Å²) in [5.74, 6) is 0.1000. The van der Waals surface area contributed by atoms with E-state index < -0.39 is 0 Å². The number of hydrogen-bond donors (Lipinski definition) is 1. The van der Waals surface area contributed by atoms with Gasteiger partial charge in [0.25, 0.3) is 5.56 Å². The highest BCUT2D eigenvalue weighted by Crippen LogP contribution is 2.31. The van der Waals surface area contributed by atoms with E-state index in [0.29, 0.717) is 26.1 Å². The van der Waals surface area contributed by atoms with Gasteiger partial charge in [-0.1, -0.05) is 47.6 Å². The number of amides is 1. The molecule has 1 aliphatic carbocycles. The third kappa shape index (κ3) is 4.01. The molecule has 31 heavy (non-hydrogen) atoms. The lowest BCUT2D eigenvalue weighted by Gasteiger charge is -2.15. The van der Waals surface area contributed by atoms with Crippen molar-refractivity contribution in [3.8, 4) is 5.69 Å². The Balaban J connectivity index is 1.40. The van der Waals surface area contributed by atoms with Crippen LogP contribution in [0, 0.1) is 0 Å². The maximum absolute atomic E-state index is 13.1. The van der Waals surface area contributed by atoms with Crippen molar-refractivity contribution in [1.29, 1.82) is 0 Å². The standard InChI is InChI=1S/C23H18ClN3O2S2/c24-15-6-8-16(9-7-15)27-22(29)21-19(11-12-30-21)26-23(27)31-13-20(28)25-18-10-5-14-3-1-2-4-17(14)18/h1-4,6-9,11-12,18H,5,10,13H2,(H,25,28)/t18-/m0/s1. The van der Waals surface area contributed by atoms with Gasteiger partial charge in [0.1, 0.15) is 4.70 Å². The molecule has 1 N–H and O–H groups in total. The molecule has 5 rings (SSSR count). The fourth-order valence-corrected chi connectivity index (χ4v) is 5.59. The van der Waals surface area contributed by atoms with Gasteiger partial charge in [-0.15, -0.1) is 11.3 Å². The van der Waals surface area contributed by atoms with Crippen molar-refractivity contribution in [2.75, 3.05) is 5.75 Å². The Labute approximate surface area is 192 Å². The first kappa shape index (κ1) is 20.3. The molecule has 0 radical (unpaired) electrons. The van der Waals surface area contributed by atoms with Crippen molar-refractivity contribution in [3.63, 3.8) is 0 Å². The van der Waals surface area contributed by atoms with Gasteiger partial charge in [0.15, 0.2) is 5.16 Å². The molecule has 2 aromatic heterocycles. The van der Waals surface area contributed by atoms with E-state index in [-0.39, 0.29) is 23.3 Å². The zero-order valence-corrected chi connectivity index (χ0v) is 18.8. The Bertz CT molecular complexity index is 1330. The number of fused-ring (bicyclic) bond motifs is 2. The van der Waals surface area contributed by atoms with Crippen molar-refractivity contribution in [3.05, 3.63) is 86.5 Å². The first-order valence-electron chi connectivity index (χ1n) is 9.86. The molecule has 5 nitrogen and oxygen atoms in total. The summed E-state index contributed by atoms with van der Waals surface area (Å²) in [4.78, 5) is 30.5. The average molecular weight is 468 g/mol. The van der Waals surface area contributed by atoms with Gasteiger partial charge < -0.3 is 5.32 Å². The van der Waals surface area contributed by atoms with Crippen LogP contribution in [-0.2, 0) is 11.2 Å². The number of carbonyl (C=O) groups excluding carboxylic acids is 1. The van der Waals surface area contributed by atoms with Crippen LogP contribution in [0.3, 0.4) is 0 Å². The molecule has 1 atom stereocenters. The van der Waals surface area contributed by atoms with Gasteiger partial charge in [-0.3, -0.25) is 14.2 Å². The van der Waals surface area contributed by atoms with Crippen LogP contribution in [0.25, 0.3) is 15.9 Å². The Morgan fingerprint density at radius 3 is 2.84 bits per heavy atom. The number of carbonyl (C=O) groups is 1. The smallest absolute Gasteiger partial charge is 0.276 e. The van der Waals surface area contributed by atoms with Crippen molar-refractivity contribution in [1.82, 2.24) is 14.9 Å². The van der Waals surface area contributed by atoms with E-state index in [9.17, 15) is 9.59 Å². The molecule has 1 amide bonds. The zero-order valence-electron chi connectivity index (χ0n) is 16.4. The molecule has 0 saturated carbocycles. The lowest BCUT2D eigenvalue weighted by Crippen LogP contribution is -2.29. The molecule has 8 heteroatoms. The van der Waals surface area contributed by atoms with Gasteiger partial charge >= 0.3 is 0 Å². The summed E-state index contributed by atoms with van der Waals surface area (Å²) >= 11 is 8.64. The average Bonchev–Trinajstić information content (AvgIpc) is 3.41. The van der Waals surface area contributed by atoms with Gasteiger partial charge in [0.05, 0.1) is 23.0 Å². The summed E-state index contributed by atoms with van der Waals surface area (Å²) in [5, 5.41) is 6.06. The third-order valence-electron chi connectivity index (χ3n) is 5.33. The molecule has 4 aromatic rings. The maximum atomic E-state index is 13.1. The van der Waals surface area contributed by atoms with E-state index in [2.05, 4.69) is 22.4 Å². The minimum absolute atomic E-state index is 0.0371. The summed E-state index contributed by atoms with van der Waals surface area (Å²) in [5.41, 5.74) is 3.66. The summed E-state index contributed by atoms with van der Waals surface area (Å²) in [6.45, 7) is 0. The van der Waals surface area contributed by atoms with Crippen molar-refractivity contribution < 1.29 is 4.79 Å². The van der Waals surface area contributed by atoms with Crippen LogP contribution in [0.5, 0.6) is 0 Å². The summed E-state index contributed by atoms with van der Waals surface area (Å²) < 4.78 is 2.14. The summed E-state index contributed by atoms with van der Waals surface area (Å²) in [7, 11) is 0. The van der Waals surface area contributed by atoms with E-state index >= 15 is 0 Å². The van der Waals surface area contributed by atoms with Crippen molar-refractivity contribution in [2.24, 2.45) is 0 Å². The number of nitrogens with zero attached hydrogens (tertiary/aromatic N) is 2. The highest BCUT2D eigenvalue weighted by Gasteiger charge is 2.24. The fraction of sp³-hybridized carbons (Fsp3) is 0.174. The second kappa shape index (κ2) is 8.49. The number of thiophene rings is 1. The molecule has 156 valence electrons. The minimum Gasteiger partial charge on any atom is -0.349 e. The number of rotatable bonds is 5. The lowest BCUT2D eigenvalue weighted by atomic mass is 10.1. The molecular formula is C23H18ClN3O2S2. The van der Waals surface area contributed by atoms with Crippen LogP contribution in [0.15, 0.2) is 69.9 Å².